The Hall–Kier alpha value is -2.84. The summed E-state index contributed by atoms with van der Waals surface area (Å²) in [5.41, 5.74) is 2.13. The van der Waals surface area contributed by atoms with Gasteiger partial charge in [0.2, 0.25) is 0 Å². The average Bonchev–Trinajstić information content (AvgIpc) is 3.33. The van der Waals surface area contributed by atoms with Gasteiger partial charge in [-0.1, -0.05) is 6.92 Å². The summed E-state index contributed by atoms with van der Waals surface area (Å²) < 4.78 is 7.05. The minimum Gasteiger partial charge on any atom is -0.446 e. The van der Waals surface area contributed by atoms with Crippen LogP contribution in [0.3, 0.4) is 0 Å². The van der Waals surface area contributed by atoms with E-state index in [4.69, 9.17) is 4.74 Å². The van der Waals surface area contributed by atoms with E-state index in [1.807, 2.05) is 13.0 Å². The summed E-state index contributed by atoms with van der Waals surface area (Å²) >= 11 is 0. The number of carbonyl (C=O) groups excluding carboxylic acids is 2. The van der Waals surface area contributed by atoms with Crippen LogP contribution in [-0.2, 0) is 11.8 Å². The zero-order valence-corrected chi connectivity index (χ0v) is 15.9. The Balaban J connectivity index is 1.54. The molecule has 0 bridgehead atoms. The molecule has 0 spiro atoms. The number of aromatic nitrogens is 4. The molecule has 2 heterocycles. The van der Waals surface area contributed by atoms with Crippen LogP contribution >= 0.6 is 0 Å². The van der Waals surface area contributed by atoms with Gasteiger partial charge < -0.3 is 15.4 Å². The van der Waals surface area contributed by atoms with Gasteiger partial charge in [-0.2, -0.15) is 10.2 Å². The zero-order valence-electron chi connectivity index (χ0n) is 15.9. The third-order valence-electron chi connectivity index (χ3n) is 4.71. The first-order valence-electron chi connectivity index (χ1n) is 9.27. The predicted molar refractivity (Wildman–Crippen MR) is 99.6 cm³/mol. The van der Waals surface area contributed by atoms with Gasteiger partial charge in [-0.3, -0.25) is 14.6 Å². The van der Waals surface area contributed by atoms with Gasteiger partial charge in [0.05, 0.1) is 11.3 Å². The molecule has 2 aromatic heterocycles. The van der Waals surface area contributed by atoms with E-state index in [2.05, 4.69) is 25.9 Å². The van der Waals surface area contributed by atoms with E-state index in [0.717, 1.165) is 31.4 Å². The number of aromatic amines is 1. The van der Waals surface area contributed by atoms with Crippen molar-refractivity contribution in [2.24, 2.45) is 7.05 Å². The van der Waals surface area contributed by atoms with E-state index < -0.39 is 0 Å². The number of aryl methyl sites for hydroxylation is 2. The van der Waals surface area contributed by atoms with Gasteiger partial charge in [-0.15, -0.1) is 0 Å². The van der Waals surface area contributed by atoms with Crippen molar-refractivity contribution in [2.45, 2.75) is 51.6 Å². The number of amides is 2. The molecular weight excluding hydrogens is 348 g/mol. The molecule has 1 fully saturated rings. The zero-order chi connectivity index (χ0) is 19.4. The summed E-state index contributed by atoms with van der Waals surface area (Å²) in [5, 5.41) is 16.9. The Kier molecular flexibility index (Phi) is 5.78. The summed E-state index contributed by atoms with van der Waals surface area (Å²) in [6.07, 6.45) is 4.59. The van der Waals surface area contributed by atoms with E-state index in [1.165, 1.54) is 0 Å². The molecule has 2 aromatic rings. The van der Waals surface area contributed by atoms with Crippen LogP contribution in [0.5, 0.6) is 0 Å². The Morgan fingerprint density at radius 1 is 1.41 bits per heavy atom. The quantitative estimate of drug-likeness (QED) is 0.719. The van der Waals surface area contributed by atoms with Gasteiger partial charge >= 0.3 is 6.09 Å². The summed E-state index contributed by atoms with van der Waals surface area (Å²) in [4.78, 5) is 24.0. The van der Waals surface area contributed by atoms with E-state index >= 15 is 0 Å². The van der Waals surface area contributed by atoms with Crippen molar-refractivity contribution in [2.75, 3.05) is 11.9 Å². The Morgan fingerprint density at radius 2 is 2.22 bits per heavy atom. The smallest absolute Gasteiger partial charge is 0.407 e. The summed E-state index contributed by atoms with van der Waals surface area (Å²) in [6, 6.07) is 1.84. The van der Waals surface area contributed by atoms with Gasteiger partial charge in [-0.25, -0.2) is 4.79 Å². The van der Waals surface area contributed by atoms with E-state index in [0.29, 0.717) is 23.6 Å². The highest BCUT2D eigenvalue weighted by Gasteiger charge is 2.30. The van der Waals surface area contributed by atoms with Crippen molar-refractivity contribution in [3.05, 3.63) is 29.2 Å². The predicted octanol–water partition coefficient (Wildman–Crippen LogP) is 2.48. The van der Waals surface area contributed by atoms with Gasteiger partial charge in [0, 0.05) is 37.5 Å². The Bertz CT molecular complexity index is 812. The van der Waals surface area contributed by atoms with Gasteiger partial charge in [-0.05, 0) is 32.6 Å². The minimum atomic E-state index is -0.355. The number of ether oxygens (including phenoxy) is 1. The fraction of sp³-hybridized carbons (Fsp3) is 0.556. The summed E-state index contributed by atoms with van der Waals surface area (Å²) in [6.45, 7) is 4.41. The molecule has 146 valence electrons. The molecular formula is C18H26N6O3. The first-order valence-corrected chi connectivity index (χ1v) is 9.27. The second-order valence-electron chi connectivity index (χ2n) is 6.93. The molecule has 27 heavy (non-hydrogen) atoms. The van der Waals surface area contributed by atoms with E-state index in [-0.39, 0.29) is 24.0 Å². The first kappa shape index (κ1) is 18.9. The number of carbonyl (C=O) groups is 2. The molecule has 0 aliphatic heterocycles. The van der Waals surface area contributed by atoms with Gasteiger partial charge in [0.25, 0.3) is 5.91 Å². The van der Waals surface area contributed by atoms with Crippen LogP contribution in [0, 0.1) is 6.92 Å². The van der Waals surface area contributed by atoms with Crippen molar-refractivity contribution in [1.82, 2.24) is 25.3 Å². The maximum Gasteiger partial charge on any atom is 0.407 e. The largest absolute Gasteiger partial charge is 0.446 e. The van der Waals surface area contributed by atoms with E-state index in [9.17, 15) is 9.59 Å². The van der Waals surface area contributed by atoms with Crippen molar-refractivity contribution >= 4 is 17.8 Å². The lowest BCUT2D eigenvalue weighted by molar-refractivity contribution is 0.0998. The van der Waals surface area contributed by atoms with Crippen LogP contribution in [0.4, 0.5) is 10.6 Å². The molecule has 0 radical (unpaired) electrons. The number of nitrogens with zero attached hydrogens (tertiary/aromatic N) is 3. The molecule has 0 aromatic carbocycles. The SMILES string of the molecule is CCCNC(=O)OC1CCC(c2cc(NC(=O)c3cn(C)nc3C)n[nH]2)C1. The molecule has 9 heteroatoms. The summed E-state index contributed by atoms with van der Waals surface area (Å²) in [7, 11) is 1.78. The van der Waals surface area contributed by atoms with Crippen molar-refractivity contribution in [1.29, 1.82) is 0 Å². The maximum atomic E-state index is 12.4. The molecule has 1 aliphatic rings. The monoisotopic (exact) mass is 374 g/mol. The van der Waals surface area contributed by atoms with Crippen LogP contribution < -0.4 is 10.6 Å². The molecule has 1 aliphatic carbocycles. The van der Waals surface area contributed by atoms with Gasteiger partial charge in [0.15, 0.2) is 5.82 Å². The van der Waals surface area contributed by atoms with Crippen LogP contribution in [0.25, 0.3) is 0 Å². The standard InChI is InChI=1S/C18H26N6O3/c1-4-7-19-18(26)27-13-6-5-12(8-13)15-9-16(22-21-15)20-17(25)14-10-24(3)23-11(14)2/h9-10,12-13H,4-8H2,1-3H3,(H,19,26)(H2,20,21,22,25). The third-order valence-corrected chi connectivity index (χ3v) is 4.71. The molecule has 0 saturated heterocycles. The molecule has 3 N–H and O–H groups in total. The van der Waals surface area contributed by atoms with Crippen molar-refractivity contribution in [3.8, 4) is 0 Å². The molecule has 9 nitrogen and oxygen atoms in total. The van der Waals surface area contributed by atoms with Crippen LogP contribution in [0.1, 0.15) is 60.3 Å². The van der Waals surface area contributed by atoms with Crippen LogP contribution in [0.15, 0.2) is 12.3 Å². The van der Waals surface area contributed by atoms with E-state index in [1.54, 1.807) is 24.9 Å². The number of nitrogens with one attached hydrogen (secondary N) is 3. The van der Waals surface area contributed by atoms with Crippen LogP contribution in [0.2, 0.25) is 0 Å². The van der Waals surface area contributed by atoms with Gasteiger partial charge in [0.1, 0.15) is 6.10 Å². The fourth-order valence-corrected chi connectivity index (χ4v) is 3.37. The maximum absolute atomic E-state index is 12.4. The second kappa shape index (κ2) is 8.24. The lowest BCUT2D eigenvalue weighted by atomic mass is 10.0. The number of anilines is 1. The molecule has 2 unspecified atom stereocenters. The first-order chi connectivity index (χ1) is 13.0. The summed E-state index contributed by atoms with van der Waals surface area (Å²) in [5.74, 6) is 0.467. The Morgan fingerprint density at radius 3 is 2.93 bits per heavy atom. The molecule has 2 atom stereocenters. The fourth-order valence-electron chi connectivity index (χ4n) is 3.37. The van der Waals surface area contributed by atoms with Crippen LogP contribution in [-0.4, -0.2) is 44.6 Å². The highest BCUT2D eigenvalue weighted by Crippen LogP contribution is 2.35. The normalized spacial score (nSPS) is 19.1. The number of hydrogen-bond donors (Lipinski definition) is 3. The second-order valence-corrected chi connectivity index (χ2v) is 6.93. The highest BCUT2D eigenvalue weighted by atomic mass is 16.6. The lowest BCUT2D eigenvalue weighted by Crippen LogP contribution is -2.28. The molecule has 2 amide bonds. The van der Waals surface area contributed by atoms with Crippen molar-refractivity contribution < 1.29 is 14.3 Å². The Labute approximate surface area is 157 Å². The highest BCUT2D eigenvalue weighted by molar-refractivity contribution is 6.04. The third kappa shape index (κ3) is 4.66. The lowest BCUT2D eigenvalue weighted by Gasteiger charge is -2.12. The number of hydrogen-bond acceptors (Lipinski definition) is 5. The molecule has 1 saturated carbocycles. The average molecular weight is 374 g/mol. The number of rotatable bonds is 6. The van der Waals surface area contributed by atoms with Crippen molar-refractivity contribution in [3.63, 3.8) is 0 Å². The molecule has 3 rings (SSSR count). The topological polar surface area (TPSA) is 114 Å². The number of alkyl carbamates (subject to hydrolysis) is 1. The minimum absolute atomic E-state index is 0.0914. The number of H-pyrrole nitrogens is 1.